The molecule has 1 amide bonds. The van der Waals surface area contributed by atoms with Crippen LogP contribution in [0.15, 0.2) is 76.1 Å². The predicted molar refractivity (Wildman–Crippen MR) is 145 cm³/mol. The molecular formula is C25H20BrF3N4O6S2. The Labute approximate surface area is 240 Å². The van der Waals surface area contributed by atoms with Crippen molar-refractivity contribution in [3.05, 3.63) is 88.2 Å². The first-order valence-electron chi connectivity index (χ1n) is 11.9. The molecule has 1 unspecified atom stereocenters. The fourth-order valence-corrected chi connectivity index (χ4v) is 7.52. The van der Waals surface area contributed by atoms with Gasteiger partial charge in [-0.3, -0.25) is 9.52 Å². The van der Waals surface area contributed by atoms with Gasteiger partial charge in [0.1, 0.15) is 16.0 Å². The average Bonchev–Trinajstić information content (AvgIpc) is 3.42. The van der Waals surface area contributed by atoms with Crippen molar-refractivity contribution in [2.75, 3.05) is 0 Å². The number of H-pyrrole nitrogens is 1. The Kier molecular flexibility index (Phi) is 7.61. The first-order chi connectivity index (χ1) is 19.2. The zero-order valence-electron chi connectivity index (χ0n) is 20.6. The van der Waals surface area contributed by atoms with E-state index in [-0.39, 0.29) is 23.1 Å². The van der Waals surface area contributed by atoms with E-state index in [1.54, 1.807) is 36.4 Å². The predicted octanol–water partition coefficient (Wildman–Crippen LogP) is 4.38. The second kappa shape index (κ2) is 10.7. The minimum absolute atomic E-state index is 0.0140. The Balaban J connectivity index is 1.49. The monoisotopic (exact) mass is 672 g/mol. The zero-order valence-corrected chi connectivity index (χ0v) is 23.9. The number of sulfonamides is 2. The van der Waals surface area contributed by atoms with Crippen molar-refractivity contribution in [3.8, 4) is 5.75 Å². The normalized spacial score (nSPS) is 17.9. The summed E-state index contributed by atoms with van der Waals surface area (Å²) in [5.41, 5.74) is 2.07. The Morgan fingerprint density at radius 3 is 2.44 bits per heavy atom. The maximum Gasteiger partial charge on any atom is 0.573 e. The number of alkyl halides is 3. The molecule has 1 aliphatic heterocycles. The molecule has 0 aliphatic carbocycles. The number of nitrogens with one attached hydrogen (secondary N) is 3. The lowest BCUT2D eigenvalue weighted by molar-refractivity contribution is -0.275. The summed E-state index contributed by atoms with van der Waals surface area (Å²) in [5, 5.41) is -1.06. The van der Waals surface area contributed by atoms with Crippen molar-refractivity contribution in [1.82, 2.24) is 19.4 Å². The maximum atomic E-state index is 13.4. The first-order valence-corrected chi connectivity index (χ1v) is 15.7. The number of ether oxygens (including phenoxy) is 1. The van der Waals surface area contributed by atoms with E-state index in [0.717, 1.165) is 12.1 Å². The van der Waals surface area contributed by atoms with Crippen molar-refractivity contribution in [2.45, 2.75) is 35.4 Å². The van der Waals surface area contributed by atoms with Crippen LogP contribution in [0.2, 0.25) is 0 Å². The first kappa shape index (κ1) is 29.0. The molecular weight excluding hydrogens is 653 g/mol. The fourth-order valence-electron chi connectivity index (χ4n) is 4.44. The molecule has 1 fully saturated rings. The van der Waals surface area contributed by atoms with Crippen LogP contribution in [0.3, 0.4) is 0 Å². The number of imidazole rings is 1. The number of carbonyl (C=O) groups excluding carboxylic acids is 1. The quantitative estimate of drug-likeness (QED) is 0.252. The molecule has 1 saturated heterocycles. The molecule has 216 valence electrons. The van der Waals surface area contributed by atoms with Gasteiger partial charge in [-0.15, -0.1) is 13.2 Å². The van der Waals surface area contributed by atoms with E-state index >= 15 is 0 Å². The number of hydrogen-bond donors (Lipinski definition) is 3. The van der Waals surface area contributed by atoms with Crippen molar-refractivity contribution < 1.29 is 39.5 Å². The number of aromatic nitrogens is 2. The highest BCUT2D eigenvalue weighted by Crippen LogP contribution is 2.34. The van der Waals surface area contributed by atoms with Crippen LogP contribution in [0, 0.1) is 0 Å². The van der Waals surface area contributed by atoms with Gasteiger partial charge < -0.3 is 9.72 Å². The van der Waals surface area contributed by atoms with Gasteiger partial charge in [0.15, 0.2) is 5.75 Å². The number of rotatable bonds is 8. The van der Waals surface area contributed by atoms with Crippen LogP contribution >= 0.6 is 15.9 Å². The van der Waals surface area contributed by atoms with Gasteiger partial charge in [-0.2, -0.15) is 0 Å². The summed E-state index contributed by atoms with van der Waals surface area (Å²) in [7, 11) is -8.47. The molecule has 41 heavy (non-hydrogen) atoms. The van der Waals surface area contributed by atoms with Crippen LogP contribution in [0.1, 0.15) is 34.7 Å². The van der Waals surface area contributed by atoms with Gasteiger partial charge in [0.05, 0.1) is 23.5 Å². The van der Waals surface area contributed by atoms with Crippen molar-refractivity contribution >= 4 is 52.9 Å². The maximum absolute atomic E-state index is 13.4. The summed E-state index contributed by atoms with van der Waals surface area (Å²) in [6.07, 6.45) is -5.38. The average molecular weight is 673 g/mol. The molecule has 1 aliphatic rings. The van der Waals surface area contributed by atoms with E-state index in [9.17, 15) is 34.8 Å². The highest BCUT2D eigenvalue weighted by molar-refractivity contribution is 9.10. The Hall–Kier alpha value is -3.47. The summed E-state index contributed by atoms with van der Waals surface area (Å²) >= 11 is 3.02. The SMILES string of the molecule is O=C1CC(c2ccc(C[C@H](NS(=O)(=O)c3ccc(Br)cc3OC(F)(F)F)c3nc4ccccc4[nH]3)cc2)S(=O)(=O)N1. The van der Waals surface area contributed by atoms with Gasteiger partial charge in [0.25, 0.3) is 0 Å². The van der Waals surface area contributed by atoms with Gasteiger partial charge in [-0.1, -0.05) is 52.3 Å². The molecule has 3 aromatic carbocycles. The number of benzene rings is 3. The summed E-state index contributed by atoms with van der Waals surface area (Å²) < 4.78 is 99.1. The second-order valence-corrected chi connectivity index (χ2v) is 13.6. The Morgan fingerprint density at radius 1 is 1.10 bits per heavy atom. The number of nitrogens with zero attached hydrogens (tertiary/aromatic N) is 1. The number of halogens is 4. The topological polar surface area (TPSA) is 147 Å². The molecule has 0 bridgehead atoms. The minimum atomic E-state index is -5.14. The van der Waals surface area contributed by atoms with E-state index in [2.05, 4.69) is 35.4 Å². The number of aromatic amines is 1. The fraction of sp³-hybridized carbons (Fsp3) is 0.200. The number of para-hydroxylation sites is 2. The number of fused-ring (bicyclic) bond motifs is 1. The zero-order chi connectivity index (χ0) is 29.6. The third-order valence-electron chi connectivity index (χ3n) is 6.25. The smallest absolute Gasteiger partial charge is 0.404 e. The van der Waals surface area contributed by atoms with Crippen molar-refractivity contribution in [1.29, 1.82) is 0 Å². The molecule has 1 aromatic heterocycles. The highest BCUT2D eigenvalue weighted by Gasteiger charge is 2.38. The van der Waals surface area contributed by atoms with E-state index in [1.165, 1.54) is 18.2 Å². The molecule has 0 radical (unpaired) electrons. The molecule has 0 spiro atoms. The summed E-state index contributed by atoms with van der Waals surface area (Å²) in [6.45, 7) is 0. The van der Waals surface area contributed by atoms with E-state index < -0.39 is 54.3 Å². The van der Waals surface area contributed by atoms with Crippen LogP contribution in [-0.4, -0.2) is 39.1 Å². The standard InChI is InChI=1S/C25H20BrF3N4O6S2/c26-16-9-10-21(20(12-16)39-25(27,28)29)40(35,36)32-19(24-30-17-3-1-2-4-18(17)31-24)11-14-5-7-15(8-6-14)22-13-23(34)33-41(22,37)38/h1-10,12,19,22,32H,11,13H2,(H,30,31)(H,33,34)/t19-,22?/m0/s1. The summed E-state index contributed by atoms with van der Waals surface area (Å²) in [5.74, 6) is -1.34. The highest BCUT2D eigenvalue weighted by atomic mass is 79.9. The lowest BCUT2D eigenvalue weighted by Gasteiger charge is -2.19. The van der Waals surface area contributed by atoms with E-state index in [1.807, 2.05) is 4.72 Å². The largest absolute Gasteiger partial charge is 0.573 e. The van der Waals surface area contributed by atoms with Gasteiger partial charge in [0.2, 0.25) is 26.0 Å². The molecule has 4 aromatic rings. The van der Waals surface area contributed by atoms with Crippen LogP contribution in [0.4, 0.5) is 13.2 Å². The second-order valence-electron chi connectivity index (χ2n) is 9.16. The van der Waals surface area contributed by atoms with Gasteiger partial charge in [0, 0.05) is 4.47 Å². The molecule has 2 atom stereocenters. The molecule has 10 nitrogen and oxygen atoms in total. The molecule has 2 heterocycles. The Bertz CT molecular complexity index is 1810. The lowest BCUT2D eigenvalue weighted by atomic mass is 10.0. The van der Waals surface area contributed by atoms with E-state index in [0.29, 0.717) is 22.2 Å². The third kappa shape index (κ3) is 6.55. The molecule has 3 N–H and O–H groups in total. The van der Waals surface area contributed by atoms with Crippen LogP contribution in [0.25, 0.3) is 11.0 Å². The van der Waals surface area contributed by atoms with E-state index in [4.69, 9.17) is 0 Å². The molecule has 16 heteroatoms. The third-order valence-corrected chi connectivity index (χ3v) is 9.95. The van der Waals surface area contributed by atoms with Crippen LogP contribution in [0.5, 0.6) is 5.75 Å². The lowest BCUT2D eigenvalue weighted by Crippen LogP contribution is -2.31. The number of amides is 1. The number of carbonyl (C=O) groups is 1. The molecule has 5 rings (SSSR count). The summed E-state index contributed by atoms with van der Waals surface area (Å²) in [6, 6.07) is 15.2. The number of hydrogen-bond acceptors (Lipinski definition) is 7. The molecule has 0 saturated carbocycles. The minimum Gasteiger partial charge on any atom is -0.404 e. The van der Waals surface area contributed by atoms with Crippen molar-refractivity contribution in [3.63, 3.8) is 0 Å². The summed E-state index contributed by atoms with van der Waals surface area (Å²) in [4.78, 5) is 18.4. The van der Waals surface area contributed by atoms with Gasteiger partial charge in [-0.25, -0.2) is 26.5 Å². The van der Waals surface area contributed by atoms with Crippen molar-refractivity contribution in [2.24, 2.45) is 0 Å². The van der Waals surface area contributed by atoms with Gasteiger partial charge in [-0.05, 0) is 47.9 Å². The Morgan fingerprint density at radius 2 is 1.80 bits per heavy atom. The van der Waals surface area contributed by atoms with Gasteiger partial charge >= 0.3 is 6.36 Å². The van der Waals surface area contributed by atoms with Crippen LogP contribution < -0.4 is 14.2 Å². The van der Waals surface area contributed by atoms with Crippen LogP contribution in [-0.2, 0) is 31.3 Å².